The van der Waals surface area contributed by atoms with E-state index in [1.807, 2.05) is 0 Å². The molecule has 0 aliphatic rings. The maximum atomic E-state index is 11.7. The van der Waals surface area contributed by atoms with Crippen LogP contribution < -0.4 is 10.5 Å². The van der Waals surface area contributed by atoms with E-state index in [9.17, 15) is 13.2 Å². The second kappa shape index (κ2) is 5.51. The molecular formula is C10H16N2O5S. The van der Waals surface area contributed by atoms with E-state index in [-0.39, 0.29) is 22.5 Å². The molecule has 18 heavy (non-hydrogen) atoms. The van der Waals surface area contributed by atoms with Gasteiger partial charge in [0.05, 0.1) is 6.10 Å². The van der Waals surface area contributed by atoms with Crippen molar-refractivity contribution < 1.29 is 22.4 Å². The minimum absolute atomic E-state index is 0.0856. The Bertz CT molecular complexity index is 534. The van der Waals surface area contributed by atoms with Gasteiger partial charge in [-0.25, -0.2) is 13.6 Å². The molecule has 8 heteroatoms. The van der Waals surface area contributed by atoms with E-state index < -0.39 is 15.9 Å². The largest absolute Gasteiger partial charge is 0.455 e. The Morgan fingerprint density at radius 3 is 2.67 bits per heavy atom. The maximum absolute atomic E-state index is 11.7. The van der Waals surface area contributed by atoms with Gasteiger partial charge in [-0.1, -0.05) is 0 Å². The summed E-state index contributed by atoms with van der Waals surface area (Å²) in [5, 5.41) is 7.52. The molecule has 1 unspecified atom stereocenters. The van der Waals surface area contributed by atoms with Gasteiger partial charge >= 0.3 is 0 Å². The lowest BCUT2D eigenvalue weighted by Crippen LogP contribution is -2.31. The first kappa shape index (κ1) is 14.7. The van der Waals surface area contributed by atoms with Crippen LogP contribution in [0.3, 0.4) is 0 Å². The third-order valence-corrected chi connectivity index (χ3v) is 3.37. The fourth-order valence-electron chi connectivity index (χ4n) is 1.27. The van der Waals surface area contributed by atoms with Gasteiger partial charge in [-0.05, 0) is 13.8 Å². The molecule has 1 amide bonds. The number of sulfonamides is 1. The highest BCUT2D eigenvalue weighted by Gasteiger charge is 2.21. The summed E-state index contributed by atoms with van der Waals surface area (Å²) in [5.74, 6) is -0.529. The van der Waals surface area contributed by atoms with Gasteiger partial charge in [-0.3, -0.25) is 4.79 Å². The number of nitrogens with one attached hydrogen (secondary N) is 1. The second-order valence-electron chi connectivity index (χ2n) is 3.83. The average molecular weight is 276 g/mol. The number of carbonyl (C=O) groups excluding carboxylic acids is 1. The summed E-state index contributed by atoms with van der Waals surface area (Å²) < 4.78 is 32.4. The highest BCUT2D eigenvalue weighted by atomic mass is 32.2. The van der Waals surface area contributed by atoms with Crippen molar-refractivity contribution in [3.05, 3.63) is 17.6 Å². The SMILES string of the molecule is COC(C)CNC(=O)c1cc(S(N)(=O)=O)c(C)o1. The van der Waals surface area contributed by atoms with Crippen molar-refractivity contribution in [2.75, 3.05) is 13.7 Å². The van der Waals surface area contributed by atoms with Gasteiger partial charge in [-0.15, -0.1) is 0 Å². The zero-order valence-corrected chi connectivity index (χ0v) is 11.2. The van der Waals surface area contributed by atoms with E-state index in [4.69, 9.17) is 14.3 Å². The van der Waals surface area contributed by atoms with Gasteiger partial charge < -0.3 is 14.5 Å². The predicted octanol–water partition coefficient (Wildman–Crippen LogP) is 0.000120. The molecule has 0 bridgehead atoms. The normalized spacial score (nSPS) is 13.3. The number of ether oxygens (including phenoxy) is 1. The Balaban J connectivity index is 2.83. The molecule has 0 saturated heterocycles. The number of hydrogen-bond donors (Lipinski definition) is 2. The number of rotatable bonds is 5. The number of methoxy groups -OCH3 is 1. The standard InChI is InChI=1S/C10H16N2O5S/c1-6(16-3)5-12-10(13)8-4-9(7(2)17-8)18(11,14)15/h4,6H,5H2,1-3H3,(H,12,13)(H2,11,14,15). The van der Waals surface area contributed by atoms with Crippen LogP contribution >= 0.6 is 0 Å². The molecule has 1 rings (SSSR count). The van der Waals surface area contributed by atoms with Crippen LogP contribution in [-0.4, -0.2) is 34.1 Å². The molecule has 7 nitrogen and oxygen atoms in total. The van der Waals surface area contributed by atoms with Crippen molar-refractivity contribution >= 4 is 15.9 Å². The Morgan fingerprint density at radius 1 is 1.61 bits per heavy atom. The molecular weight excluding hydrogens is 260 g/mol. The summed E-state index contributed by atoms with van der Waals surface area (Å²) in [4.78, 5) is 11.5. The molecule has 1 heterocycles. The van der Waals surface area contributed by atoms with Crippen LogP contribution in [0.2, 0.25) is 0 Å². The van der Waals surface area contributed by atoms with E-state index in [1.54, 1.807) is 6.92 Å². The number of furan rings is 1. The third kappa shape index (κ3) is 3.56. The van der Waals surface area contributed by atoms with Crippen molar-refractivity contribution in [1.29, 1.82) is 0 Å². The number of aryl methyl sites for hydroxylation is 1. The first-order valence-electron chi connectivity index (χ1n) is 5.20. The average Bonchev–Trinajstić information content (AvgIpc) is 2.67. The van der Waals surface area contributed by atoms with Crippen LogP contribution in [-0.2, 0) is 14.8 Å². The van der Waals surface area contributed by atoms with E-state index in [0.717, 1.165) is 6.07 Å². The highest BCUT2D eigenvalue weighted by Crippen LogP contribution is 2.18. The highest BCUT2D eigenvalue weighted by molar-refractivity contribution is 7.89. The first-order chi connectivity index (χ1) is 8.25. The van der Waals surface area contributed by atoms with Crippen LogP contribution in [0.4, 0.5) is 0 Å². The lowest BCUT2D eigenvalue weighted by Gasteiger charge is -2.09. The van der Waals surface area contributed by atoms with Crippen molar-refractivity contribution in [3.63, 3.8) is 0 Å². The number of hydrogen-bond acceptors (Lipinski definition) is 5. The van der Waals surface area contributed by atoms with Gasteiger partial charge in [0, 0.05) is 19.7 Å². The Kier molecular flexibility index (Phi) is 4.49. The zero-order valence-electron chi connectivity index (χ0n) is 10.4. The van der Waals surface area contributed by atoms with Gasteiger partial charge in [0.25, 0.3) is 5.91 Å². The van der Waals surface area contributed by atoms with Crippen molar-refractivity contribution in [3.8, 4) is 0 Å². The molecule has 1 aromatic rings. The molecule has 0 fully saturated rings. The monoisotopic (exact) mass is 276 g/mol. The topological polar surface area (TPSA) is 112 Å². The Morgan fingerprint density at radius 2 is 2.22 bits per heavy atom. The summed E-state index contributed by atoms with van der Waals surface area (Å²) in [7, 11) is -2.36. The van der Waals surface area contributed by atoms with Crippen molar-refractivity contribution in [1.82, 2.24) is 5.32 Å². The molecule has 0 aliphatic carbocycles. The van der Waals surface area contributed by atoms with Crippen LogP contribution in [0.25, 0.3) is 0 Å². The molecule has 1 aromatic heterocycles. The lowest BCUT2D eigenvalue weighted by atomic mass is 10.3. The molecule has 102 valence electrons. The molecule has 0 spiro atoms. The van der Waals surface area contributed by atoms with E-state index in [1.165, 1.54) is 14.0 Å². The summed E-state index contributed by atoms with van der Waals surface area (Å²) in [5.41, 5.74) is 0. The number of carbonyl (C=O) groups is 1. The minimum atomic E-state index is -3.88. The maximum Gasteiger partial charge on any atom is 0.287 e. The summed E-state index contributed by atoms with van der Waals surface area (Å²) in [6, 6.07) is 1.11. The minimum Gasteiger partial charge on any atom is -0.455 e. The fraction of sp³-hybridized carbons (Fsp3) is 0.500. The summed E-state index contributed by atoms with van der Waals surface area (Å²) in [6.45, 7) is 3.50. The van der Waals surface area contributed by atoms with E-state index in [2.05, 4.69) is 5.32 Å². The predicted molar refractivity (Wildman–Crippen MR) is 63.6 cm³/mol. The molecule has 0 aliphatic heterocycles. The molecule has 0 radical (unpaired) electrons. The smallest absolute Gasteiger partial charge is 0.287 e. The van der Waals surface area contributed by atoms with Gasteiger partial charge in [-0.2, -0.15) is 0 Å². The number of nitrogens with two attached hydrogens (primary N) is 1. The molecule has 0 saturated carbocycles. The van der Waals surface area contributed by atoms with Crippen LogP contribution in [0.5, 0.6) is 0 Å². The van der Waals surface area contributed by atoms with Crippen LogP contribution in [0, 0.1) is 6.92 Å². The second-order valence-corrected chi connectivity index (χ2v) is 5.36. The fourth-order valence-corrected chi connectivity index (χ4v) is 1.98. The van der Waals surface area contributed by atoms with Gasteiger partial charge in [0.1, 0.15) is 10.7 Å². The van der Waals surface area contributed by atoms with Crippen molar-refractivity contribution in [2.24, 2.45) is 5.14 Å². The molecule has 3 N–H and O–H groups in total. The summed E-state index contributed by atoms with van der Waals surface area (Å²) in [6.07, 6.45) is -0.150. The molecule has 1 atom stereocenters. The number of amides is 1. The van der Waals surface area contributed by atoms with Gasteiger partial charge in [0.15, 0.2) is 5.76 Å². The Hall–Kier alpha value is -1.38. The first-order valence-corrected chi connectivity index (χ1v) is 6.74. The Labute approximate surface area is 105 Å². The van der Waals surface area contributed by atoms with Crippen LogP contribution in [0.1, 0.15) is 23.2 Å². The van der Waals surface area contributed by atoms with Crippen LogP contribution in [0.15, 0.2) is 15.4 Å². The summed E-state index contributed by atoms with van der Waals surface area (Å²) >= 11 is 0. The zero-order chi connectivity index (χ0) is 13.9. The number of primary sulfonamides is 1. The quantitative estimate of drug-likeness (QED) is 0.786. The lowest BCUT2D eigenvalue weighted by molar-refractivity contribution is 0.0845. The van der Waals surface area contributed by atoms with Gasteiger partial charge in [0.2, 0.25) is 10.0 Å². The third-order valence-electron chi connectivity index (χ3n) is 2.35. The molecule has 0 aromatic carbocycles. The van der Waals surface area contributed by atoms with E-state index in [0.29, 0.717) is 6.54 Å². The van der Waals surface area contributed by atoms with Crippen molar-refractivity contribution in [2.45, 2.75) is 24.8 Å². The van der Waals surface area contributed by atoms with E-state index >= 15 is 0 Å².